The number of benzene rings is 1. The predicted octanol–water partition coefficient (Wildman–Crippen LogP) is 2.88. The van der Waals surface area contributed by atoms with E-state index in [2.05, 4.69) is 43.5 Å². The number of guanidine groups is 1. The van der Waals surface area contributed by atoms with Gasteiger partial charge in [-0.15, -0.1) is 0 Å². The largest absolute Gasteiger partial charge is 0.493 e. The molecule has 136 valence electrons. The molecule has 0 spiro atoms. The molecule has 1 aromatic carbocycles. The quantitative estimate of drug-likeness (QED) is 0.654. The van der Waals surface area contributed by atoms with Crippen LogP contribution >= 0.6 is 0 Å². The van der Waals surface area contributed by atoms with Crippen LogP contribution in [-0.4, -0.2) is 37.9 Å². The molecule has 4 rings (SSSR count). The fourth-order valence-corrected chi connectivity index (χ4v) is 4.71. The van der Waals surface area contributed by atoms with Gasteiger partial charge in [-0.2, -0.15) is 0 Å². The normalized spacial score (nSPS) is 32.8. The molecule has 1 aliphatic carbocycles. The van der Waals surface area contributed by atoms with Gasteiger partial charge in [0.2, 0.25) is 0 Å². The van der Waals surface area contributed by atoms with E-state index in [-0.39, 0.29) is 11.5 Å². The number of nitrogens with one attached hydrogen (secondary N) is 2. The van der Waals surface area contributed by atoms with E-state index in [0.717, 1.165) is 44.3 Å². The molecule has 1 aromatic rings. The third-order valence-corrected chi connectivity index (χ3v) is 5.98. The molecule has 4 unspecified atom stereocenters. The lowest BCUT2D eigenvalue weighted by Gasteiger charge is -2.55. The Balaban J connectivity index is 1.49. The third-order valence-electron chi connectivity index (χ3n) is 5.98. The van der Waals surface area contributed by atoms with Crippen LogP contribution in [0.5, 0.6) is 5.75 Å². The number of nitrogens with zero attached hydrogens (tertiary/aromatic N) is 1. The summed E-state index contributed by atoms with van der Waals surface area (Å²) in [6, 6.07) is 8.93. The van der Waals surface area contributed by atoms with Gasteiger partial charge in [0.25, 0.3) is 0 Å². The number of rotatable bonds is 3. The summed E-state index contributed by atoms with van der Waals surface area (Å²) in [4.78, 5) is 4.71. The molecule has 5 nitrogen and oxygen atoms in total. The first-order chi connectivity index (χ1) is 12.1. The van der Waals surface area contributed by atoms with Crippen molar-refractivity contribution in [3.8, 4) is 5.75 Å². The van der Waals surface area contributed by atoms with Gasteiger partial charge in [-0.1, -0.05) is 32.0 Å². The van der Waals surface area contributed by atoms with Crippen molar-refractivity contribution in [2.75, 3.05) is 19.8 Å². The van der Waals surface area contributed by atoms with E-state index < -0.39 is 0 Å². The van der Waals surface area contributed by atoms with E-state index in [4.69, 9.17) is 14.5 Å². The molecule has 2 fully saturated rings. The Bertz CT molecular complexity index is 658. The standard InChI is InChI=1S/C20H29N3O2/c1-4-21-19(23-17-14-9-11-25-18(14)20(17,2)3)22-15-10-12-24-16-8-6-5-7-13(15)16/h5-8,14-15,17-18H,4,9-12H2,1-3H3,(H2,21,22,23). The van der Waals surface area contributed by atoms with Gasteiger partial charge in [0.15, 0.2) is 5.96 Å². The first kappa shape index (κ1) is 16.7. The first-order valence-electron chi connectivity index (χ1n) is 9.52. The van der Waals surface area contributed by atoms with Gasteiger partial charge in [-0.25, -0.2) is 0 Å². The lowest BCUT2D eigenvalue weighted by molar-refractivity contribution is -0.106. The van der Waals surface area contributed by atoms with E-state index in [0.29, 0.717) is 18.1 Å². The van der Waals surface area contributed by atoms with Gasteiger partial charge >= 0.3 is 0 Å². The summed E-state index contributed by atoms with van der Waals surface area (Å²) in [6.07, 6.45) is 2.48. The second-order valence-electron chi connectivity index (χ2n) is 7.88. The summed E-state index contributed by atoms with van der Waals surface area (Å²) in [7, 11) is 0. The van der Waals surface area contributed by atoms with Crippen LogP contribution in [-0.2, 0) is 4.74 Å². The Morgan fingerprint density at radius 1 is 1.20 bits per heavy atom. The molecule has 0 bridgehead atoms. The zero-order chi connectivity index (χ0) is 17.4. The van der Waals surface area contributed by atoms with Gasteiger partial charge < -0.3 is 20.1 Å². The van der Waals surface area contributed by atoms with Gasteiger partial charge in [0.05, 0.1) is 18.8 Å². The maximum atomic E-state index is 5.92. The monoisotopic (exact) mass is 343 g/mol. The van der Waals surface area contributed by atoms with Crippen LogP contribution in [0.1, 0.15) is 45.2 Å². The van der Waals surface area contributed by atoms with Crippen LogP contribution in [0.15, 0.2) is 29.3 Å². The van der Waals surface area contributed by atoms with Crippen molar-refractivity contribution in [1.29, 1.82) is 0 Å². The average Bonchev–Trinajstić information content (AvgIpc) is 3.07. The lowest BCUT2D eigenvalue weighted by atomic mass is 9.57. The maximum absolute atomic E-state index is 5.92. The van der Waals surface area contributed by atoms with Crippen molar-refractivity contribution >= 4 is 5.96 Å². The molecule has 5 heteroatoms. The van der Waals surface area contributed by atoms with Crippen molar-refractivity contribution < 1.29 is 9.47 Å². The summed E-state index contributed by atoms with van der Waals surface area (Å²) in [6.45, 7) is 9.06. The number of fused-ring (bicyclic) bond motifs is 2. The number of hydrogen-bond donors (Lipinski definition) is 2. The second-order valence-corrected chi connectivity index (χ2v) is 7.88. The van der Waals surface area contributed by atoms with Crippen molar-refractivity contribution in [2.24, 2.45) is 16.3 Å². The van der Waals surface area contributed by atoms with Crippen LogP contribution in [0.4, 0.5) is 0 Å². The molecule has 2 aliphatic heterocycles. The highest BCUT2D eigenvalue weighted by molar-refractivity contribution is 5.81. The number of para-hydroxylation sites is 1. The summed E-state index contributed by atoms with van der Waals surface area (Å²) in [5, 5.41) is 7.36. The van der Waals surface area contributed by atoms with Crippen LogP contribution < -0.4 is 15.4 Å². The van der Waals surface area contributed by atoms with E-state index in [1.54, 1.807) is 0 Å². The van der Waals surface area contributed by atoms with Crippen LogP contribution in [0.2, 0.25) is 0 Å². The minimum absolute atomic E-state index is 0.144. The fraction of sp³-hybridized carbons (Fsp3) is 0.650. The highest BCUT2D eigenvalue weighted by Gasteiger charge is 2.59. The fourth-order valence-electron chi connectivity index (χ4n) is 4.71. The molecule has 1 saturated carbocycles. The molecular formula is C20H29N3O2. The SMILES string of the molecule is CCN=C(NC1CCOc2ccccc21)NC1C2CCOC2C1(C)C. The average molecular weight is 343 g/mol. The molecule has 4 atom stereocenters. The van der Waals surface area contributed by atoms with Crippen LogP contribution in [0, 0.1) is 11.3 Å². The summed E-state index contributed by atoms with van der Waals surface area (Å²) in [5.74, 6) is 2.49. The molecular weight excluding hydrogens is 314 g/mol. The van der Waals surface area contributed by atoms with Gasteiger partial charge in [0.1, 0.15) is 5.75 Å². The zero-order valence-corrected chi connectivity index (χ0v) is 15.4. The lowest BCUT2D eigenvalue weighted by Crippen LogP contribution is -2.68. The van der Waals surface area contributed by atoms with Gasteiger partial charge in [0, 0.05) is 42.5 Å². The Kier molecular flexibility index (Phi) is 4.36. The number of aliphatic imine (C=N–C) groups is 1. The highest BCUT2D eigenvalue weighted by Crippen LogP contribution is 2.52. The molecule has 3 aliphatic rings. The topological polar surface area (TPSA) is 54.9 Å². The third kappa shape index (κ3) is 2.88. The van der Waals surface area contributed by atoms with Gasteiger partial charge in [-0.05, 0) is 19.4 Å². The first-order valence-corrected chi connectivity index (χ1v) is 9.52. The smallest absolute Gasteiger partial charge is 0.191 e. The van der Waals surface area contributed by atoms with Crippen LogP contribution in [0.25, 0.3) is 0 Å². The predicted molar refractivity (Wildman–Crippen MR) is 99.0 cm³/mol. The second kappa shape index (κ2) is 6.52. The highest BCUT2D eigenvalue weighted by atomic mass is 16.5. The number of hydrogen-bond acceptors (Lipinski definition) is 3. The number of ether oxygens (including phenoxy) is 2. The summed E-state index contributed by atoms with van der Waals surface area (Å²) in [5.41, 5.74) is 1.36. The summed E-state index contributed by atoms with van der Waals surface area (Å²) < 4.78 is 11.7. The Morgan fingerprint density at radius 2 is 2.04 bits per heavy atom. The molecule has 2 heterocycles. The molecule has 0 amide bonds. The van der Waals surface area contributed by atoms with Crippen molar-refractivity contribution in [1.82, 2.24) is 10.6 Å². The minimum atomic E-state index is 0.144. The van der Waals surface area contributed by atoms with E-state index >= 15 is 0 Å². The Morgan fingerprint density at radius 3 is 2.88 bits per heavy atom. The Hall–Kier alpha value is -1.75. The molecule has 0 radical (unpaired) electrons. The zero-order valence-electron chi connectivity index (χ0n) is 15.4. The van der Waals surface area contributed by atoms with Crippen molar-refractivity contribution in [3.05, 3.63) is 29.8 Å². The molecule has 2 N–H and O–H groups in total. The van der Waals surface area contributed by atoms with Crippen LogP contribution in [0.3, 0.4) is 0 Å². The molecule has 25 heavy (non-hydrogen) atoms. The van der Waals surface area contributed by atoms with E-state index in [9.17, 15) is 0 Å². The van der Waals surface area contributed by atoms with Crippen molar-refractivity contribution in [3.63, 3.8) is 0 Å². The Labute approximate surface area is 150 Å². The maximum Gasteiger partial charge on any atom is 0.191 e. The van der Waals surface area contributed by atoms with Crippen molar-refractivity contribution in [2.45, 2.75) is 51.8 Å². The van der Waals surface area contributed by atoms with E-state index in [1.165, 1.54) is 5.56 Å². The minimum Gasteiger partial charge on any atom is -0.493 e. The summed E-state index contributed by atoms with van der Waals surface area (Å²) >= 11 is 0. The van der Waals surface area contributed by atoms with Gasteiger partial charge in [-0.3, -0.25) is 4.99 Å². The molecule has 1 saturated heterocycles. The molecule has 0 aromatic heterocycles. The van der Waals surface area contributed by atoms with E-state index in [1.807, 2.05) is 12.1 Å².